The van der Waals surface area contributed by atoms with Crippen molar-refractivity contribution in [3.8, 4) is 11.5 Å². The highest BCUT2D eigenvalue weighted by Crippen LogP contribution is 2.34. The quantitative estimate of drug-likeness (QED) is 0.287. The summed E-state index contributed by atoms with van der Waals surface area (Å²) in [7, 11) is 1.06. The fourth-order valence-electron chi connectivity index (χ4n) is 2.89. The first-order valence-electron chi connectivity index (χ1n) is 10.1. The number of nitrogens with two attached hydrogens (primary N) is 1. The van der Waals surface area contributed by atoms with Gasteiger partial charge in [0, 0.05) is 36.1 Å². The van der Waals surface area contributed by atoms with E-state index in [0.29, 0.717) is 6.07 Å². The number of rotatable bonds is 5. The summed E-state index contributed by atoms with van der Waals surface area (Å²) in [4.78, 5) is 61.0. The van der Waals surface area contributed by atoms with Gasteiger partial charge in [-0.2, -0.15) is 24.9 Å². The maximum atomic E-state index is 12.8. The van der Waals surface area contributed by atoms with Crippen LogP contribution in [0.3, 0.4) is 0 Å². The van der Waals surface area contributed by atoms with Crippen LogP contribution < -0.4 is 21.1 Å². The molecular weight excluding hydrogens is 515 g/mol. The van der Waals surface area contributed by atoms with Crippen LogP contribution in [0.15, 0.2) is 12.1 Å². The number of nitrogens with one attached hydrogen (secondary N) is 2. The lowest BCUT2D eigenvalue weighted by Crippen LogP contribution is -2.54. The average molecular weight is 537 g/mol. The van der Waals surface area contributed by atoms with Gasteiger partial charge in [-0.05, 0) is 6.07 Å². The normalized spacial score (nSPS) is 18.9. The number of thioether (sulfide) groups is 1. The number of carbonyl (C=O) groups is 5. The lowest BCUT2D eigenvalue weighted by atomic mass is 10.1. The van der Waals surface area contributed by atoms with Gasteiger partial charge in [-0.1, -0.05) is 0 Å². The molecule has 0 fully saturated rings. The minimum atomic E-state index is -5.37. The Morgan fingerprint density at radius 1 is 1.31 bits per heavy atom. The third kappa shape index (κ3) is 7.74. The molecular formula is C20H22F3N3O9S. The van der Waals surface area contributed by atoms with Gasteiger partial charge in [-0.25, -0.2) is 14.4 Å². The molecule has 0 saturated carbocycles. The topological polar surface area (TPSA) is 183 Å². The zero-order valence-corrected chi connectivity index (χ0v) is 19.5. The highest BCUT2D eigenvalue weighted by Gasteiger charge is 2.42. The molecule has 0 saturated heterocycles. The number of ether oxygens (including phenoxy) is 3. The van der Waals surface area contributed by atoms with Gasteiger partial charge in [-0.15, -0.1) is 0 Å². The molecule has 0 unspecified atom stereocenters. The first kappa shape index (κ1) is 28.7. The molecule has 0 radical (unpaired) electrons. The zero-order chi connectivity index (χ0) is 27.0. The van der Waals surface area contributed by atoms with Crippen molar-refractivity contribution in [2.45, 2.75) is 30.4 Å². The molecule has 12 nitrogen and oxygen atoms in total. The molecule has 0 aromatic heterocycles. The number of esters is 3. The maximum Gasteiger partial charge on any atom is 0.491 e. The molecule has 0 spiro atoms. The van der Waals surface area contributed by atoms with Crippen LogP contribution in [-0.2, 0) is 34.4 Å². The molecule has 1 aromatic rings. The van der Waals surface area contributed by atoms with E-state index in [-0.39, 0.29) is 30.0 Å². The van der Waals surface area contributed by atoms with Gasteiger partial charge >= 0.3 is 24.1 Å². The van der Waals surface area contributed by atoms with Crippen molar-refractivity contribution in [3.05, 3.63) is 23.3 Å². The van der Waals surface area contributed by atoms with Gasteiger partial charge in [-0.3, -0.25) is 9.59 Å². The smallest absolute Gasteiger partial charge is 0.491 e. The molecule has 36 heavy (non-hydrogen) atoms. The van der Waals surface area contributed by atoms with Crippen LogP contribution in [0.25, 0.3) is 0 Å². The van der Waals surface area contributed by atoms with Crippen molar-refractivity contribution in [1.29, 1.82) is 0 Å². The predicted molar refractivity (Wildman–Crippen MR) is 116 cm³/mol. The number of fused-ring (bicyclic) bond motifs is 1. The van der Waals surface area contributed by atoms with E-state index in [4.69, 9.17) is 10.5 Å². The Morgan fingerprint density at radius 2 is 2.00 bits per heavy atom. The van der Waals surface area contributed by atoms with E-state index in [9.17, 15) is 42.3 Å². The van der Waals surface area contributed by atoms with E-state index in [1.165, 1.54) is 0 Å². The number of alkyl halides is 3. The van der Waals surface area contributed by atoms with Crippen LogP contribution in [0.2, 0.25) is 0 Å². The summed E-state index contributed by atoms with van der Waals surface area (Å²) < 4.78 is 52.4. The summed E-state index contributed by atoms with van der Waals surface area (Å²) in [6.45, 7) is -0.803. The number of cyclic esters (lactones) is 1. The Labute approximate surface area is 206 Å². The number of benzene rings is 1. The molecule has 1 aromatic carbocycles. The number of hydrogen-bond donors (Lipinski definition) is 4. The maximum absolute atomic E-state index is 12.8. The second-order valence-corrected chi connectivity index (χ2v) is 8.24. The molecule has 2 atom stereocenters. The number of amides is 2. The number of phenolic OH excluding ortho intramolecular Hbond substituents is 1. The lowest BCUT2D eigenvalue weighted by Gasteiger charge is -2.24. The van der Waals surface area contributed by atoms with Crippen LogP contribution in [0.1, 0.15) is 22.3 Å². The summed E-state index contributed by atoms with van der Waals surface area (Å²) >= 11 is 0.863. The molecule has 198 valence electrons. The van der Waals surface area contributed by atoms with E-state index in [2.05, 4.69) is 20.1 Å². The lowest BCUT2D eigenvalue weighted by molar-refractivity contribution is -0.189. The van der Waals surface area contributed by atoms with E-state index in [1.54, 1.807) is 0 Å². The number of aromatic hydroxyl groups is 1. The fraction of sp³-hybridized carbons (Fsp3) is 0.450. The second kappa shape index (κ2) is 12.4. The largest absolute Gasteiger partial charge is 0.508 e. The third-order valence-electron chi connectivity index (χ3n) is 4.59. The fourth-order valence-corrected chi connectivity index (χ4v) is 3.96. The molecule has 5 N–H and O–H groups in total. The van der Waals surface area contributed by atoms with Gasteiger partial charge in [0.25, 0.3) is 0 Å². The highest BCUT2D eigenvalue weighted by molar-refractivity contribution is 7.98. The van der Waals surface area contributed by atoms with Crippen LogP contribution in [0.4, 0.5) is 13.2 Å². The van der Waals surface area contributed by atoms with Crippen LogP contribution in [0.5, 0.6) is 11.5 Å². The minimum absolute atomic E-state index is 0.0482. The molecule has 1 heterocycles. The van der Waals surface area contributed by atoms with E-state index < -0.39 is 71.7 Å². The number of hydrogen-bond acceptors (Lipinski definition) is 11. The first-order valence-corrected chi connectivity index (χ1v) is 11.3. The monoisotopic (exact) mass is 537 g/mol. The molecule has 1 aliphatic heterocycles. The Hall–Kier alpha value is -3.53. The van der Waals surface area contributed by atoms with Crippen molar-refractivity contribution in [3.63, 3.8) is 0 Å². The highest BCUT2D eigenvalue weighted by atomic mass is 32.2. The third-order valence-corrected chi connectivity index (χ3v) is 5.65. The van der Waals surface area contributed by atoms with Crippen molar-refractivity contribution in [1.82, 2.24) is 10.6 Å². The van der Waals surface area contributed by atoms with Gasteiger partial charge < -0.3 is 35.7 Å². The molecule has 2 rings (SSSR count). The van der Waals surface area contributed by atoms with E-state index >= 15 is 0 Å². The minimum Gasteiger partial charge on any atom is -0.508 e. The second-order valence-electron chi connectivity index (χ2n) is 7.21. The number of methoxy groups -OCH3 is 1. The first-order chi connectivity index (χ1) is 16.9. The van der Waals surface area contributed by atoms with Gasteiger partial charge in [0.15, 0.2) is 0 Å². The van der Waals surface area contributed by atoms with Crippen molar-refractivity contribution < 1.29 is 56.5 Å². The summed E-state index contributed by atoms with van der Waals surface area (Å²) in [6, 6.07) is -1.17. The number of carbonyl (C=O) groups excluding carboxylic acids is 5. The molecule has 0 bridgehead atoms. The molecule has 16 heteroatoms. The predicted octanol–water partition coefficient (Wildman–Crippen LogP) is -0.245. The Bertz CT molecular complexity index is 1040. The molecule has 0 aliphatic carbocycles. The average Bonchev–Trinajstić information content (AvgIpc) is 2.79. The summed E-state index contributed by atoms with van der Waals surface area (Å²) in [5, 5.41) is 14.6. The Balaban J connectivity index is 2.49. The van der Waals surface area contributed by atoms with Crippen molar-refractivity contribution in [2.75, 3.05) is 26.0 Å². The van der Waals surface area contributed by atoms with E-state index in [1.807, 2.05) is 0 Å². The summed E-state index contributed by atoms with van der Waals surface area (Å²) in [6.07, 6.45) is -5.54. The van der Waals surface area contributed by atoms with Crippen LogP contribution in [-0.4, -0.2) is 79.1 Å². The van der Waals surface area contributed by atoms with Crippen molar-refractivity contribution in [2.24, 2.45) is 5.73 Å². The van der Waals surface area contributed by atoms with Crippen molar-refractivity contribution >= 4 is 41.5 Å². The summed E-state index contributed by atoms with van der Waals surface area (Å²) in [5.41, 5.74) is 4.60. The standard InChI is InChI=1S/C20H22F3N3O9S/c1-33-18(31)13-8-36-7-11-10(4-9(27)5-14(11)35-19(32)20(21,22)23)17(30)34-6-12(16(29)26-13)25-15(28)2-3-24/h4-5,12-13,27H,2-3,6-8,24H2,1H3,(H,25,28)(H,26,29)/t12-,13-/m0/s1. The van der Waals surface area contributed by atoms with Gasteiger partial charge in [0.05, 0.1) is 12.7 Å². The van der Waals surface area contributed by atoms with Gasteiger partial charge in [0.2, 0.25) is 11.8 Å². The van der Waals surface area contributed by atoms with Crippen LogP contribution in [0, 0.1) is 0 Å². The molecule has 1 aliphatic rings. The number of phenols is 1. The Kier molecular flexibility index (Phi) is 9.92. The number of halogens is 3. The van der Waals surface area contributed by atoms with Crippen LogP contribution >= 0.6 is 11.8 Å². The Morgan fingerprint density at radius 3 is 2.61 bits per heavy atom. The van der Waals surface area contributed by atoms with E-state index in [0.717, 1.165) is 24.9 Å². The van der Waals surface area contributed by atoms with Gasteiger partial charge in [0.1, 0.15) is 30.2 Å². The molecule has 2 amide bonds. The summed E-state index contributed by atoms with van der Waals surface area (Å²) in [5.74, 6) is -8.18. The zero-order valence-electron chi connectivity index (χ0n) is 18.7. The SMILES string of the molecule is COC(=O)[C@@H]1CSCc2c(OC(=O)C(F)(F)F)cc(O)cc2C(=O)OC[C@H](NC(=O)CCN)C(=O)N1.